The first kappa shape index (κ1) is 8.49. The van der Waals surface area contributed by atoms with Crippen LogP contribution < -0.4 is 0 Å². The van der Waals surface area contributed by atoms with Gasteiger partial charge in [-0.2, -0.15) is 0 Å². The van der Waals surface area contributed by atoms with Crippen molar-refractivity contribution in [1.29, 1.82) is 0 Å². The lowest BCUT2D eigenvalue weighted by Gasteiger charge is -1.93. The van der Waals surface area contributed by atoms with Crippen LogP contribution in [-0.2, 0) is 0 Å². The zero-order valence-corrected chi connectivity index (χ0v) is 8.63. The number of non-ortho nitro benzene ring substituents is 1. The molecule has 0 unspecified atom stereocenters. The van der Waals surface area contributed by atoms with E-state index in [9.17, 15) is 10.1 Å². The van der Waals surface area contributed by atoms with Crippen molar-refractivity contribution in [2.24, 2.45) is 0 Å². The van der Waals surface area contributed by atoms with E-state index in [4.69, 9.17) is 0 Å². The maximum absolute atomic E-state index is 10.5. The van der Waals surface area contributed by atoms with E-state index in [0.717, 1.165) is 10.9 Å². The topological polar surface area (TPSA) is 48.1 Å². The van der Waals surface area contributed by atoms with Crippen molar-refractivity contribution in [2.45, 2.75) is 0 Å². The minimum atomic E-state index is -0.386. The van der Waals surface area contributed by atoms with Crippen LogP contribution in [-0.4, -0.2) is 7.70 Å². The van der Waals surface area contributed by atoms with Crippen molar-refractivity contribution in [3.8, 4) is 0 Å². The van der Waals surface area contributed by atoms with Gasteiger partial charge in [-0.05, 0) is 12.1 Å². The van der Waals surface area contributed by atoms with Crippen LogP contribution in [0, 0.1) is 10.1 Å². The minimum absolute atomic E-state index is 0.129. The van der Waals surface area contributed by atoms with Crippen molar-refractivity contribution < 1.29 is 4.92 Å². The van der Waals surface area contributed by atoms with E-state index in [1.54, 1.807) is 12.1 Å². The Morgan fingerprint density at radius 2 is 2.15 bits per heavy atom. The van der Waals surface area contributed by atoms with Gasteiger partial charge in [0.1, 0.15) is 0 Å². The second kappa shape index (κ2) is 2.99. The van der Waals surface area contributed by atoms with Gasteiger partial charge in [0.2, 0.25) is 0 Å². The third-order valence-corrected chi connectivity index (χ3v) is 2.68. The number of nitro groups is 1. The number of hydrogen-bond acceptors (Lipinski definition) is 2. The molecule has 0 atom stereocenters. The summed E-state index contributed by atoms with van der Waals surface area (Å²) >= 11 is 2.09. The van der Waals surface area contributed by atoms with Gasteiger partial charge in [-0.15, -0.1) is 0 Å². The van der Waals surface area contributed by atoms with Crippen molar-refractivity contribution in [3.05, 3.63) is 40.6 Å². The van der Waals surface area contributed by atoms with Crippen LogP contribution >= 0.6 is 22.9 Å². The Kier molecular flexibility index (Phi) is 1.95. The summed E-state index contributed by atoms with van der Waals surface area (Å²) < 4.78 is 1.83. The van der Waals surface area contributed by atoms with Gasteiger partial charge in [0.25, 0.3) is 5.69 Å². The molecule has 0 N–H and O–H groups in total. The number of aromatic nitrogens is 1. The monoisotopic (exact) mass is 288 g/mol. The van der Waals surface area contributed by atoms with E-state index in [2.05, 4.69) is 22.9 Å². The Morgan fingerprint density at radius 1 is 1.38 bits per heavy atom. The van der Waals surface area contributed by atoms with Gasteiger partial charge in [0, 0.05) is 23.7 Å². The third kappa shape index (κ3) is 1.39. The Bertz CT molecular complexity index is 478. The molecule has 5 heteroatoms. The predicted octanol–water partition coefficient (Wildman–Crippen LogP) is 2.75. The molecule has 0 bridgehead atoms. The van der Waals surface area contributed by atoms with Crippen LogP contribution in [0.25, 0.3) is 10.9 Å². The molecule has 0 saturated heterocycles. The molecule has 1 aromatic heterocycles. The fraction of sp³-hybridized carbons (Fsp3) is 0. The molecule has 66 valence electrons. The zero-order valence-electron chi connectivity index (χ0n) is 6.48. The predicted molar refractivity (Wildman–Crippen MR) is 58.0 cm³/mol. The van der Waals surface area contributed by atoms with Crippen LogP contribution in [0.2, 0.25) is 0 Å². The highest BCUT2D eigenvalue weighted by atomic mass is 127. The van der Waals surface area contributed by atoms with Gasteiger partial charge < -0.3 is 0 Å². The van der Waals surface area contributed by atoms with Gasteiger partial charge in [0.05, 0.1) is 33.3 Å². The molecule has 0 saturated carbocycles. The summed E-state index contributed by atoms with van der Waals surface area (Å²) in [6, 6.07) is 6.76. The maximum atomic E-state index is 10.5. The third-order valence-electron chi connectivity index (χ3n) is 1.84. The molecule has 1 aromatic carbocycles. The highest BCUT2D eigenvalue weighted by Crippen LogP contribution is 2.22. The average Bonchev–Trinajstić information content (AvgIpc) is 2.47. The van der Waals surface area contributed by atoms with E-state index in [1.165, 1.54) is 6.07 Å². The SMILES string of the molecule is O=[N+]([O-])c1ccc2ccn(I)c2c1. The molecular weight excluding hydrogens is 283 g/mol. The lowest BCUT2D eigenvalue weighted by molar-refractivity contribution is -0.384. The molecule has 0 aliphatic heterocycles. The number of halogens is 1. The number of nitro benzene ring substituents is 1. The van der Waals surface area contributed by atoms with Crippen LogP contribution in [0.5, 0.6) is 0 Å². The maximum Gasteiger partial charge on any atom is 0.271 e. The Hall–Kier alpha value is -1.11. The molecular formula is C8H5IN2O2. The first-order valence-electron chi connectivity index (χ1n) is 3.60. The second-order valence-corrected chi connectivity index (χ2v) is 3.67. The average molecular weight is 288 g/mol. The van der Waals surface area contributed by atoms with Gasteiger partial charge in [-0.25, -0.2) is 0 Å². The van der Waals surface area contributed by atoms with Gasteiger partial charge in [0.15, 0.2) is 0 Å². The van der Waals surface area contributed by atoms with E-state index in [1.807, 2.05) is 15.0 Å². The van der Waals surface area contributed by atoms with Gasteiger partial charge in [-0.3, -0.25) is 12.9 Å². The molecule has 4 nitrogen and oxygen atoms in total. The molecule has 2 rings (SSSR count). The largest absolute Gasteiger partial charge is 0.289 e. The molecule has 0 fully saturated rings. The summed E-state index contributed by atoms with van der Waals surface area (Å²) in [5.74, 6) is 0. The van der Waals surface area contributed by atoms with Gasteiger partial charge in [-0.1, -0.05) is 0 Å². The highest BCUT2D eigenvalue weighted by Gasteiger charge is 2.07. The summed E-state index contributed by atoms with van der Waals surface area (Å²) in [4.78, 5) is 10.1. The van der Waals surface area contributed by atoms with Crippen molar-refractivity contribution in [2.75, 3.05) is 0 Å². The summed E-state index contributed by atoms with van der Waals surface area (Å²) in [5.41, 5.74) is 0.999. The van der Waals surface area contributed by atoms with Crippen molar-refractivity contribution in [1.82, 2.24) is 2.78 Å². The molecule has 0 aliphatic rings. The van der Waals surface area contributed by atoms with Gasteiger partial charge >= 0.3 is 0 Å². The van der Waals surface area contributed by atoms with Crippen molar-refractivity contribution in [3.63, 3.8) is 0 Å². The summed E-state index contributed by atoms with van der Waals surface area (Å²) in [6.07, 6.45) is 1.87. The summed E-state index contributed by atoms with van der Waals surface area (Å²) in [7, 11) is 0. The number of fused-ring (bicyclic) bond motifs is 1. The minimum Gasteiger partial charge on any atom is -0.289 e. The lowest BCUT2D eigenvalue weighted by Crippen LogP contribution is -1.87. The number of nitrogens with zero attached hydrogens (tertiary/aromatic N) is 2. The highest BCUT2D eigenvalue weighted by molar-refractivity contribution is 14.1. The Labute approximate surface area is 87.8 Å². The number of benzene rings is 1. The molecule has 2 aromatic rings. The normalized spacial score (nSPS) is 10.5. The van der Waals surface area contributed by atoms with E-state index < -0.39 is 0 Å². The molecule has 1 heterocycles. The number of rotatable bonds is 1. The zero-order chi connectivity index (χ0) is 9.42. The van der Waals surface area contributed by atoms with Crippen LogP contribution in [0.15, 0.2) is 30.5 Å². The Morgan fingerprint density at radius 3 is 2.85 bits per heavy atom. The first-order chi connectivity index (χ1) is 6.18. The Balaban J connectivity index is 2.72. The fourth-order valence-electron chi connectivity index (χ4n) is 1.20. The van der Waals surface area contributed by atoms with Crippen molar-refractivity contribution >= 4 is 39.5 Å². The molecule has 13 heavy (non-hydrogen) atoms. The quantitative estimate of drug-likeness (QED) is 0.460. The number of hydrogen-bond donors (Lipinski definition) is 0. The van der Waals surface area contributed by atoms with E-state index in [0.29, 0.717) is 0 Å². The molecule has 0 amide bonds. The smallest absolute Gasteiger partial charge is 0.271 e. The summed E-state index contributed by atoms with van der Waals surface area (Å²) in [5, 5.41) is 11.5. The van der Waals surface area contributed by atoms with E-state index >= 15 is 0 Å². The van der Waals surface area contributed by atoms with Crippen LogP contribution in [0.4, 0.5) is 5.69 Å². The first-order valence-corrected chi connectivity index (χ1v) is 4.56. The molecule has 0 radical (unpaired) electrons. The standard InChI is InChI=1S/C8H5IN2O2/c9-10-4-3-6-1-2-7(11(12)13)5-8(6)10/h1-5H. The second-order valence-electron chi connectivity index (χ2n) is 2.63. The molecule has 0 aliphatic carbocycles. The summed E-state index contributed by atoms with van der Waals surface area (Å²) in [6.45, 7) is 0. The lowest BCUT2D eigenvalue weighted by atomic mass is 10.2. The fourth-order valence-corrected chi connectivity index (χ4v) is 1.78. The van der Waals surface area contributed by atoms with E-state index in [-0.39, 0.29) is 10.6 Å². The molecule has 0 spiro atoms. The van der Waals surface area contributed by atoms with Crippen LogP contribution in [0.3, 0.4) is 0 Å². The van der Waals surface area contributed by atoms with Crippen LogP contribution in [0.1, 0.15) is 0 Å².